The summed E-state index contributed by atoms with van der Waals surface area (Å²) in [5.41, 5.74) is 3.36. The zero-order valence-electron chi connectivity index (χ0n) is 14.5. The van der Waals surface area contributed by atoms with Crippen LogP contribution >= 0.6 is 23.1 Å². The molecule has 1 aromatic heterocycles. The van der Waals surface area contributed by atoms with Crippen LogP contribution in [0.3, 0.4) is 0 Å². The Bertz CT molecular complexity index is 1070. The van der Waals surface area contributed by atoms with Gasteiger partial charge in [0.15, 0.2) is 4.80 Å². The molecule has 3 aromatic rings. The van der Waals surface area contributed by atoms with Crippen molar-refractivity contribution in [2.45, 2.75) is 25.3 Å². The fourth-order valence-electron chi connectivity index (χ4n) is 2.47. The summed E-state index contributed by atoms with van der Waals surface area (Å²) in [6.07, 6.45) is 5.50. The van der Waals surface area contributed by atoms with Gasteiger partial charge < -0.3 is 4.57 Å². The molecule has 1 amide bonds. The van der Waals surface area contributed by atoms with E-state index in [0.717, 1.165) is 15.1 Å². The molecule has 0 atom stereocenters. The van der Waals surface area contributed by atoms with Crippen molar-refractivity contribution >= 4 is 39.2 Å². The molecule has 0 saturated carbocycles. The van der Waals surface area contributed by atoms with Gasteiger partial charge in [-0.2, -0.15) is 4.99 Å². The van der Waals surface area contributed by atoms with E-state index in [1.807, 2.05) is 11.5 Å². The maximum Gasteiger partial charge on any atom is 0.258 e. The third-order valence-corrected chi connectivity index (χ3v) is 5.98. The topological polar surface area (TPSA) is 34.4 Å². The van der Waals surface area contributed by atoms with Gasteiger partial charge in [-0.25, -0.2) is 4.39 Å². The first kappa shape index (κ1) is 18.4. The van der Waals surface area contributed by atoms with Gasteiger partial charge in [-0.15, -0.1) is 18.2 Å². The Morgan fingerprint density at radius 3 is 2.65 bits per heavy atom. The molecular formula is C20H17FN2OS2. The van der Waals surface area contributed by atoms with E-state index in [1.54, 1.807) is 12.1 Å². The summed E-state index contributed by atoms with van der Waals surface area (Å²) in [4.78, 5) is 18.0. The van der Waals surface area contributed by atoms with Crippen molar-refractivity contribution < 1.29 is 9.18 Å². The molecule has 0 aliphatic rings. The summed E-state index contributed by atoms with van der Waals surface area (Å²) in [6, 6.07) is 10.2. The highest BCUT2D eigenvalue weighted by Gasteiger charge is 2.09. The lowest BCUT2D eigenvalue weighted by molar-refractivity contribution is -0.115. The number of fused-ring (bicyclic) bond motifs is 1. The number of benzene rings is 2. The molecule has 1 heterocycles. The number of terminal acetylenes is 1. The minimum absolute atomic E-state index is 0.188. The first-order valence-corrected chi connectivity index (χ1v) is 9.78. The molecule has 0 aliphatic carbocycles. The Kier molecular flexibility index (Phi) is 5.60. The molecule has 0 radical (unpaired) electrons. The van der Waals surface area contributed by atoms with Gasteiger partial charge in [0, 0.05) is 4.90 Å². The average Bonchev–Trinajstić information content (AvgIpc) is 2.92. The SMILES string of the molecule is C#CCn1c(=NC(=O)CSc2ccc(F)cc2)sc2cc(C)c(C)cc21. The molecule has 26 heavy (non-hydrogen) atoms. The highest BCUT2D eigenvalue weighted by Crippen LogP contribution is 2.22. The fourth-order valence-corrected chi connectivity index (χ4v) is 4.28. The predicted octanol–water partition coefficient (Wildman–Crippen LogP) is 4.31. The Hall–Kier alpha value is -2.36. The van der Waals surface area contributed by atoms with Gasteiger partial charge in [0.25, 0.3) is 5.91 Å². The smallest absolute Gasteiger partial charge is 0.258 e. The number of nitrogens with zero attached hydrogens (tertiary/aromatic N) is 2. The van der Waals surface area contributed by atoms with E-state index in [1.165, 1.54) is 46.4 Å². The lowest BCUT2D eigenvalue weighted by Gasteiger charge is -2.03. The van der Waals surface area contributed by atoms with E-state index in [4.69, 9.17) is 6.42 Å². The van der Waals surface area contributed by atoms with E-state index < -0.39 is 0 Å². The van der Waals surface area contributed by atoms with Crippen LogP contribution in [0, 0.1) is 32.0 Å². The Morgan fingerprint density at radius 1 is 1.27 bits per heavy atom. The van der Waals surface area contributed by atoms with Crippen LogP contribution in [0.1, 0.15) is 11.1 Å². The van der Waals surface area contributed by atoms with Crippen molar-refractivity contribution in [2.24, 2.45) is 4.99 Å². The molecule has 0 unspecified atom stereocenters. The van der Waals surface area contributed by atoms with Gasteiger partial charge >= 0.3 is 0 Å². The van der Waals surface area contributed by atoms with Crippen LogP contribution < -0.4 is 4.80 Å². The van der Waals surface area contributed by atoms with Crippen LogP contribution in [0.15, 0.2) is 46.3 Å². The summed E-state index contributed by atoms with van der Waals surface area (Å²) >= 11 is 2.79. The maximum atomic E-state index is 12.9. The number of rotatable bonds is 4. The van der Waals surface area contributed by atoms with Crippen molar-refractivity contribution in [1.29, 1.82) is 0 Å². The van der Waals surface area contributed by atoms with E-state index >= 15 is 0 Å². The molecule has 0 spiro atoms. The van der Waals surface area contributed by atoms with Crippen molar-refractivity contribution in [2.75, 3.05) is 5.75 Å². The third kappa shape index (κ3) is 4.06. The summed E-state index contributed by atoms with van der Waals surface area (Å²) in [6.45, 7) is 4.47. The number of halogens is 1. The van der Waals surface area contributed by atoms with Gasteiger partial charge in [0.05, 0.1) is 22.5 Å². The van der Waals surface area contributed by atoms with Gasteiger partial charge in [0.1, 0.15) is 5.82 Å². The number of carbonyl (C=O) groups is 1. The van der Waals surface area contributed by atoms with Gasteiger partial charge in [0.2, 0.25) is 0 Å². The molecular weight excluding hydrogens is 367 g/mol. The molecule has 0 aliphatic heterocycles. The number of aromatic nitrogens is 1. The standard InChI is InChI=1S/C20H17FN2OS2/c1-4-9-23-17-10-13(2)14(3)11-18(17)26-20(23)22-19(24)12-25-16-7-5-15(21)6-8-16/h1,5-8,10-11H,9,12H2,2-3H3. The molecule has 0 saturated heterocycles. The lowest BCUT2D eigenvalue weighted by atomic mass is 10.1. The third-order valence-electron chi connectivity index (χ3n) is 3.94. The normalized spacial score (nSPS) is 11.7. The van der Waals surface area contributed by atoms with Crippen LogP contribution in [0.5, 0.6) is 0 Å². The summed E-state index contributed by atoms with van der Waals surface area (Å²) in [5.74, 6) is 2.28. The van der Waals surface area contributed by atoms with Crippen LogP contribution in [0.25, 0.3) is 10.2 Å². The quantitative estimate of drug-likeness (QED) is 0.496. The first-order valence-electron chi connectivity index (χ1n) is 7.98. The monoisotopic (exact) mass is 384 g/mol. The van der Waals surface area contributed by atoms with E-state index in [0.29, 0.717) is 11.3 Å². The second-order valence-electron chi connectivity index (χ2n) is 5.83. The molecule has 0 fully saturated rings. The second kappa shape index (κ2) is 7.90. The molecule has 0 bridgehead atoms. The highest BCUT2D eigenvalue weighted by atomic mass is 32.2. The minimum Gasteiger partial charge on any atom is -0.305 e. The molecule has 2 aromatic carbocycles. The fraction of sp³-hybridized carbons (Fsp3) is 0.200. The largest absolute Gasteiger partial charge is 0.305 e. The zero-order chi connectivity index (χ0) is 18.7. The number of amides is 1. The van der Waals surface area contributed by atoms with Crippen molar-refractivity contribution in [3.63, 3.8) is 0 Å². The Balaban J connectivity index is 1.90. The van der Waals surface area contributed by atoms with Crippen LogP contribution in [0.2, 0.25) is 0 Å². The predicted molar refractivity (Wildman–Crippen MR) is 106 cm³/mol. The number of carbonyl (C=O) groups excluding carboxylic acids is 1. The molecule has 3 rings (SSSR count). The lowest BCUT2D eigenvalue weighted by Crippen LogP contribution is -2.17. The molecule has 6 heteroatoms. The number of aryl methyl sites for hydroxylation is 2. The maximum absolute atomic E-state index is 12.9. The van der Waals surface area contributed by atoms with Gasteiger partial charge in [-0.05, 0) is 61.4 Å². The summed E-state index contributed by atoms with van der Waals surface area (Å²) < 4.78 is 15.9. The second-order valence-corrected chi connectivity index (χ2v) is 7.89. The summed E-state index contributed by atoms with van der Waals surface area (Å²) in [7, 11) is 0. The van der Waals surface area contributed by atoms with Crippen LogP contribution in [0.4, 0.5) is 4.39 Å². The number of hydrogen-bond donors (Lipinski definition) is 0. The van der Waals surface area contributed by atoms with Gasteiger partial charge in [-0.1, -0.05) is 17.3 Å². The van der Waals surface area contributed by atoms with Gasteiger partial charge in [-0.3, -0.25) is 4.79 Å². The molecule has 3 nitrogen and oxygen atoms in total. The minimum atomic E-state index is -0.295. The van der Waals surface area contributed by atoms with Crippen molar-refractivity contribution in [3.05, 3.63) is 58.1 Å². The Morgan fingerprint density at radius 2 is 1.96 bits per heavy atom. The first-order chi connectivity index (χ1) is 12.5. The number of thioether (sulfide) groups is 1. The van der Waals surface area contributed by atoms with Crippen LogP contribution in [-0.2, 0) is 11.3 Å². The van der Waals surface area contributed by atoms with Crippen LogP contribution in [-0.4, -0.2) is 16.2 Å². The van der Waals surface area contributed by atoms with E-state index in [9.17, 15) is 9.18 Å². The number of hydrogen-bond acceptors (Lipinski definition) is 3. The highest BCUT2D eigenvalue weighted by molar-refractivity contribution is 8.00. The van der Waals surface area contributed by atoms with Crippen molar-refractivity contribution in [1.82, 2.24) is 4.57 Å². The summed E-state index contributed by atoms with van der Waals surface area (Å²) in [5, 5.41) is 0. The average molecular weight is 385 g/mol. The Labute approximate surface area is 159 Å². The zero-order valence-corrected chi connectivity index (χ0v) is 16.1. The molecule has 0 N–H and O–H groups in total. The molecule has 132 valence electrons. The van der Waals surface area contributed by atoms with E-state index in [-0.39, 0.29) is 17.5 Å². The van der Waals surface area contributed by atoms with E-state index in [2.05, 4.69) is 30.0 Å². The van der Waals surface area contributed by atoms with Crippen molar-refractivity contribution in [3.8, 4) is 12.3 Å². The number of thiazole rings is 1.